The Labute approximate surface area is 192 Å². The van der Waals surface area contributed by atoms with Crippen LogP contribution in [0.2, 0.25) is 0 Å². The van der Waals surface area contributed by atoms with Gasteiger partial charge in [0.05, 0.1) is 39.6 Å². The largest absolute Gasteiger partial charge is 0.507 e. The Morgan fingerprint density at radius 3 is 1.47 bits per heavy atom. The predicted octanol–water partition coefficient (Wildman–Crippen LogP) is 5.56. The molecule has 1 unspecified atom stereocenters. The minimum Gasteiger partial charge on any atom is -0.507 e. The Kier molecular flexibility index (Phi) is 6.90. The van der Waals surface area contributed by atoms with Crippen LogP contribution >= 0.6 is 9.24 Å². The Morgan fingerprint density at radius 2 is 1.09 bits per heavy atom. The van der Waals surface area contributed by atoms with Gasteiger partial charge < -0.3 is 24.1 Å². The molecule has 170 valence electrons. The van der Waals surface area contributed by atoms with E-state index in [1.165, 1.54) is 0 Å². The Balaban J connectivity index is 2.54. The van der Waals surface area contributed by atoms with Crippen molar-refractivity contribution >= 4 is 14.5 Å². The highest BCUT2D eigenvalue weighted by atomic mass is 31.0. The first-order valence-corrected chi connectivity index (χ1v) is 10.9. The zero-order valence-corrected chi connectivity index (χ0v) is 20.9. The average Bonchev–Trinajstić information content (AvgIpc) is 2.77. The van der Waals surface area contributed by atoms with Gasteiger partial charge in [0.1, 0.15) is 28.7 Å². The molecule has 0 aliphatic rings. The maximum absolute atomic E-state index is 11.7. The predicted molar refractivity (Wildman–Crippen MR) is 133 cm³/mol. The third kappa shape index (κ3) is 4.10. The summed E-state index contributed by atoms with van der Waals surface area (Å²) in [6, 6.07) is 13.1. The molecule has 0 fully saturated rings. The SMILES string of the molecule is COc1cccc(OC)c1-c1cc(C(C)(C)C)c(P)c(-c2c(OC)cccc2OC)c1O. The fourth-order valence-corrected chi connectivity index (χ4v) is 4.76. The summed E-state index contributed by atoms with van der Waals surface area (Å²) < 4.78 is 22.6. The molecule has 0 aromatic heterocycles. The van der Waals surface area contributed by atoms with Gasteiger partial charge in [0.15, 0.2) is 0 Å². The number of aromatic hydroxyl groups is 1. The van der Waals surface area contributed by atoms with Gasteiger partial charge in [0, 0.05) is 11.1 Å². The molecule has 3 rings (SSSR count). The standard InChI is InChI=1S/C26H31O5P/c1-26(2,3)16-14-15(21-17(28-4)10-8-11-18(21)29-5)24(27)23(25(16)32)22-19(30-6)12-9-13-20(22)31-7/h8-14,27H,32H2,1-7H3. The molecule has 0 aliphatic carbocycles. The first-order chi connectivity index (χ1) is 15.2. The van der Waals surface area contributed by atoms with Gasteiger partial charge in [-0.2, -0.15) is 0 Å². The topological polar surface area (TPSA) is 57.2 Å². The normalized spacial score (nSPS) is 11.2. The average molecular weight is 455 g/mol. The van der Waals surface area contributed by atoms with E-state index in [-0.39, 0.29) is 11.2 Å². The van der Waals surface area contributed by atoms with E-state index < -0.39 is 0 Å². The van der Waals surface area contributed by atoms with E-state index in [2.05, 4.69) is 30.0 Å². The van der Waals surface area contributed by atoms with Crippen molar-refractivity contribution in [3.05, 3.63) is 48.0 Å². The molecular weight excluding hydrogens is 423 g/mol. The number of ether oxygens (including phenoxy) is 4. The third-order valence-corrected chi connectivity index (χ3v) is 6.12. The van der Waals surface area contributed by atoms with E-state index in [4.69, 9.17) is 18.9 Å². The maximum Gasteiger partial charge on any atom is 0.132 e. The van der Waals surface area contributed by atoms with Crippen LogP contribution in [-0.2, 0) is 5.41 Å². The van der Waals surface area contributed by atoms with Crippen LogP contribution in [0.15, 0.2) is 42.5 Å². The van der Waals surface area contributed by atoms with Crippen LogP contribution < -0.4 is 24.3 Å². The van der Waals surface area contributed by atoms with Crippen LogP contribution in [-0.4, -0.2) is 33.5 Å². The van der Waals surface area contributed by atoms with E-state index in [9.17, 15) is 5.11 Å². The first kappa shape index (κ1) is 23.7. The molecule has 0 amide bonds. The summed E-state index contributed by atoms with van der Waals surface area (Å²) >= 11 is 0. The summed E-state index contributed by atoms with van der Waals surface area (Å²) in [7, 11) is 9.22. The Morgan fingerprint density at radius 1 is 0.688 bits per heavy atom. The minimum atomic E-state index is -0.210. The third-order valence-electron chi connectivity index (χ3n) is 5.52. The molecule has 0 saturated heterocycles. The van der Waals surface area contributed by atoms with Gasteiger partial charge in [-0.25, -0.2) is 0 Å². The lowest BCUT2D eigenvalue weighted by molar-refractivity contribution is 0.395. The van der Waals surface area contributed by atoms with Gasteiger partial charge >= 0.3 is 0 Å². The zero-order valence-electron chi connectivity index (χ0n) is 19.7. The monoisotopic (exact) mass is 454 g/mol. The summed E-state index contributed by atoms with van der Waals surface area (Å²) in [5.74, 6) is 2.51. The Bertz CT molecular complexity index is 1090. The number of hydrogen-bond donors (Lipinski definition) is 1. The van der Waals surface area contributed by atoms with Crippen molar-refractivity contribution < 1.29 is 24.1 Å². The van der Waals surface area contributed by atoms with Crippen LogP contribution in [0.1, 0.15) is 26.3 Å². The summed E-state index contributed by atoms with van der Waals surface area (Å²) in [5, 5.41) is 12.6. The molecule has 0 saturated carbocycles. The van der Waals surface area contributed by atoms with E-state index in [0.29, 0.717) is 45.3 Å². The lowest BCUT2D eigenvalue weighted by Crippen LogP contribution is -2.21. The van der Waals surface area contributed by atoms with E-state index >= 15 is 0 Å². The van der Waals surface area contributed by atoms with Crippen LogP contribution in [0, 0.1) is 0 Å². The summed E-state index contributed by atoms with van der Waals surface area (Å²) in [6.45, 7) is 6.41. The highest BCUT2D eigenvalue weighted by Crippen LogP contribution is 2.50. The summed E-state index contributed by atoms with van der Waals surface area (Å²) in [6.07, 6.45) is 0. The molecule has 32 heavy (non-hydrogen) atoms. The summed E-state index contributed by atoms with van der Waals surface area (Å²) in [4.78, 5) is 0. The molecule has 1 atom stereocenters. The van der Waals surface area contributed by atoms with Crippen molar-refractivity contribution in [2.45, 2.75) is 26.2 Å². The molecule has 3 aromatic rings. The molecule has 0 bridgehead atoms. The zero-order chi connectivity index (χ0) is 23.6. The quantitative estimate of drug-likeness (QED) is 0.495. The highest BCUT2D eigenvalue weighted by molar-refractivity contribution is 7.28. The van der Waals surface area contributed by atoms with Crippen LogP contribution in [0.25, 0.3) is 22.3 Å². The number of phenols is 1. The van der Waals surface area contributed by atoms with Crippen LogP contribution in [0.5, 0.6) is 28.7 Å². The minimum absolute atomic E-state index is 0.0913. The van der Waals surface area contributed by atoms with Crippen molar-refractivity contribution in [2.24, 2.45) is 0 Å². The molecule has 3 aromatic carbocycles. The van der Waals surface area contributed by atoms with Crippen molar-refractivity contribution in [3.8, 4) is 51.0 Å². The second kappa shape index (κ2) is 9.30. The molecule has 0 spiro atoms. The fraction of sp³-hybridized carbons (Fsp3) is 0.308. The van der Waals surface area contributed by atoms with Crippen molar-refractivity contribution in [1.82, 2.24) is 0 Å². The second-order valence-electron chi connectivity index (χ2n) is 8.43. The van der Waals surface area contributed by atoms with Crippen LogP contribution in [0.3, 0.4) is 0 Å². The van der Waals surface area contributed by atoms with E-state index in [1.807, 2.05) is 42.5 Å². The van der Waals surface area contributed by atoms with Gasteiger partial charge in [-0.3, -0.25) is 0 Å². The van der Waals surface area contributed by atoms with Crippen molar-refractivity contribution in [1.29, 1.82) is 0 Å². The van der Waals surface area contributed by atoms with Gasteiger partial charge in [-0.15, -0.1) is 9.24 Å². The molecule has 0 aliphatic heterocycles. The highest BCUT2D eigenvalue weighted by Gasteiger charge is 2.29. The molecule has 1 N–H and O–H groups in total. The number of methoxy groups -OCH3 is 4. The van der Waals surface area contributed by atoms with Crippen LogP contribution in [0.4, 0.5) is 0 Å². The molecule has 0 heterocycles. The lowest BCUT2D eigenvalue weighted by Gasteiger charge is -2.27. The Hall–Kier alpha value is -2.91. The van der Waals surface area contributed by atoms with Gasteiger partial charge in [-0.05, 0) is 46.6 Å². The second-order valence-corrected chi connectivity index (χ2v) is 9.01. The van der Waals surface area contributed by atoms with Gasteiger partial charge in [0.25, 0.3) is 0 Å². The number of hydrogen-bond acceptors (Lipinski definition) is 5. The van der Waals surface area contributed by atoms with Gasteiger partial charge in [0.2, 0.25) is 0 Å². The molecule has 5 nitrogen and oxygen atoms in total. The smallest absolute Gasteiger partial charge is 0.132 e. The van der Waals surface area contributed by atoms with Gasteiger partial charge in [-0.1, -0.05) is 32.9 Å². The van der Waals surface area contributed by atoms with Crippen molar-refractivity contribution in [2.75, 3.05) is 28.4 Å². The summed E-state index contributed by atoms with van der Waals surface area (Å²) in [5.41, 5.74) is 3.44. The van der Waals surface area contributed by atoms with E-state index in [1.54, 1.807) is 28.4 Å². The first-order valence-electron chi connectivity index (χ1n) is 10.3. The number of benzene rings is 3. The molecule has 0 radical (unpaired) electrons. The number of phenolic OH excluding ortho intramolecular Hbond substituents is 1. The number of rotatable bonds is 6. The van der Waals surface area contributed by atoms with E-state index in [0.717, 1.165) is 10.9 Å². The fourth-order valence-electron chi connectivity index (χ4n) is 3.97. The molecule has 6 heteroatoms. The van der Waals surface area contributed by atoms with Crippen molar-refractivity contribution in [3.63, 3.8) is 0 Å². The maximum atomic E-state index is 11.7. The molecular formula is C26H31O5P. The lowest BCUT2D eigenvalue weighted by atomic mass is 9.82.